The van der Waals surface area contributed by atoms with Gasteiger partial charge in [-0.15, -0.1) is 0 Å². The van der Waals surface area contributed by atoms with Crippen molar-refractivity contribution in [3.8, 4) is 0 Å². The van der Waals surface area contributed by atoms with Crippen LogP contribution >= 0.6 is 0 Å². The summed E-state index contributed by atoms with van der Waals surface area (Å²) in [7, 11) is 0. The molecule has 0 aliphatic carbocycles. The molecule has 0 spiro atoms. The van der Waals surface area contributed by atoms with Crippen molar-refractivity contribution in [3.05, 3.63) is 51.3 Å². The SMILES string of the molecule is Cc1ccc(NC(=O)c2cnc(N3CCCCC3)nc2C)cc1[N+](=O)[O-]. The Hall–Kier alpha value is -3.03. The first-order valence-electron chi connectivity index (χ1n) is 8.60. The number of benzene rings is 1. The molecular weight excluding hydrogens is 334 g/mol. The van der Waals surface area contributed by atoms with Crippen molar-refractivity contribution in [1.82, 2.24) is 9.97 Å². The van der Waals surface area contributed by atoms with E-state index in [-0.39, 0.29) is 11.6 Å². The lowest BCUT2D eigenvalue weighted by atomic mass is 10.1. The maximum absolute atomic E-state index is 12.5. The van der Waals surface area contributed by atoms with Gasteiger partial charge in [0.25, 0.3) is 11.6 Å². The highest BCUT2D eigenvalue weighted by Crippen LogP contribution is 2.23. The number of aryl methyl sites for hydroxylation is 2. The maximum Gasteiger partial charge on any atom is 0.274 e. The minimum Gasteiger partial charge on any atom is -0.341 e. The van der Waals surface area contributed by atoms with E-state index in [2.05, 4.69) is 20.2 Å². The largest absolute Gasteiger partial charge is 0.341 e. The third kappa shape index (κ3) is 3.79. The molecule has 1 amide bonds. The summed E-state index contributed by atoms with van der Waals surface area (Å²) in [4.78, 5) is 34.0. The predicted molar refractivity (Wildman–Crippen MR) is 98.6 cm³/mol. The van der Waals surface area contributed by atoms with Gasteiger partial charge in [0.1, 0.15) is 0 Å². The zero-order chi connectivity index (χ0) is 18.7. The summed E-state index contributed by atoms with van der Waals surface area (Å²) >= 11 is 0. The third-order valence-electron chi connectivity index (χ3n) is 4.51. The molecule has 2 heterocycles. The van der Waals surface area contributed by atoms with Gasteiger partial charge in [-0.3, -0.25) is 14.9 Å². The maximum atomic E-state index is 12.5. The molecule has 1 saturated heterocycles. The van der Waals surface area contributed by atoms with E-state index >= 15 is 0 Å². The Morgan fingerprint density at radius 3 is 2.62 bits per heavy atom. The van der Waals surface area contributed by atoms with Crippen LogP contribution in [0.15, 0.2) is 24.4 Å². The van der Waals surface area contributed by atoms with Crippen LogP contribution in [-0.2, 0) is 0 Å². The molecule has 0 radical (unpaired) electrons. The first-order chi connectivity index (χ1) is 12.5. The second-order valence-corrected chi connectivity index (χ2v) is 6.43. The molecule has 1 aromatic carbocycles. The standard InChI is InChI=1S/C18H21N5O3/c1-12-6-7-14(10-16(12)23(25)26)21-17(24)15-11-19-18(20-13(15)2)22-8-4-3-5-9-22/h6-7,10-11H,3-5,8-9H2,1-2H3,(H,21,24). The van der Waals surface area contributed by atoms with Crippen LogP contribution in [-0.4, -0.2) is 33.9 Å². The van der Waals surface area contributed by atoms with Gasteiger partial charge in [-0.2, -0.15) is 0 Å². The van der Waals surface area contributed by atoms with Gasteiger partial charge in [-0.1, -0.05) is 6.07 Å². The highest BCUT2D eigenvalue weighted by molar-refractivity contribution is 6.05. The molecule has 1 aliphatic heterocycles. The summed E-state index contributed by atoms with van der Waals surface area (Å²) in [5, 5.41) is 13.7. The molecule has 2 aromatic rings. The van der Waals surface area contributed by atoms with Crippen molar-refractivity contribution < 1.29 is 9.72 Å². The number of nitro benzene ring substituents is 1. The minimum absolute atomic E-state index is 0.0313. The van der Waals surface area contributed by atoms with Crippen LogP contribution in [0.4, 0.5) is 17.3 Å². The Kier molecular flexibility index (Phi) is 5.11. The van der Waals surface area contributed by atoms with Crippen LogP contribution in [0.2, 0.25) is 0 Å². The van der Waals surface area contributed by atoms with E-state index < -0.39 is 4.92 Å². The van der Waals surface area contributed by atoms with Gasteiger partial charge in [-0.25, -0.2) is 9.97 Å². The lowest BCUT2D eigenvalue weighted by molar-refractivity contribution is -0.385. The molecule has 0 atom stereocenters. The summed E-state index contributed by atoms with van der Waals surface area (Å²) in [5.41, 5.74) is 1.81. The van der Waals surface area contributed by atoms with Crippen LogP contribution in [0.3, 0.4) is 0 Å². The second kappa shape index (κ2) is 7.47. The number of hydrogen-bond donors (Lipinski definition) is 1. The average molecular weight is 355 g/mol. The number of carbonyl (C=O) groups excluding carboxylic acids is 1. The lowest BCUT2D eigenvalue weighted by Crippen LogP contribution is -2.31. The van der Waals surface area contributed by atoms with Crippen molar-refractivity contribution in [2.24, 2.45) is 0 Å². The van der Waals surface area contributed by atoms with Crippen LogP contribution in [0, 0.1) is 24.0 Å². The van der Waals surface area contributed by atoms with Gasteiger partial charge in [0.15, 0.2) is 0 Å². The van der Waals surface area contributed by atoms with E-state index in [1.807, 2.05) is 0 Å². The summed E-state index contributed by atoms with van der Waals surface area (Å²) in [6, 6.07) is 4.60. The van der Waals surface area contributed by atoms with Crippen molar-refractivity contribution in [1.29, 1.82) is 0 Å². The molecule has 1 aliphatic rings. The van der Waals surface area contributed by atoms with Gasteiger partial charge < -0.3 is 10.2 Å². The zero-order valence-electron chi connectivity index (χ0n) is 14.9. The summed E-state index contributed by atoms with van der Waals surface area (Å²) < 4.78 is 0. The molecule has 0 unspecified atom stereocenters. The van der Waals surface area contributed by atoms with E-state index in [4.69, 9.17) is 0 Å². The average Bonchev–Trinajstić information content (AvgIpc) is 2.63. The molecule has 8 heteroatoms. The van der Waals surface area contributed by atoms with Crippen LogP contribution < -0.4 is 10.2 Å². The van der Waals surface area contributed by atoms with E-state index in [0.29, 0.717) is 28.5 Å². The van der Waals surface area contributed by atoms with Gasteiger partial charge in [0.2, 0.25) is 5.95 Å². The summed E-state index contributed by atoms with van der Waals surface area (Å²) in [5.74, 6) is 0.260. The first kappa shape index (κ1) is 17.8. The van der Waals surface area contributed by atoms with E-state index in [9.17, 15) is 14.9 Å². The lowest BCUT2D eigenvalue weighted by Gasteiger charge is -2.26. The number of carbonyl (C=O) groups is 1. The van der Waals surface area contributed by atoms with E-state index in [1.54, 1.807) is 26.0 Å². The molecule has 26 heavy (non-hydrogen) atoms. The van der Waals surface area contributed by atoms with Gasteiger partial charge >= 0.3 is 0 Å². The zero-order valence-corrected chi connectivity index (χ0v) is 14.9. The quantitative estimate of drug-likeness (QED) is 0.667. The fraction of sp³-hybridized carbons (Fsp3) is 0.389. The highest BCUT2D eigenvalue weighted by Gasteiger charge is 2.18. The number of piperidine rings is 1. The van der Waals surface area contributed by atoms with E-state index in [0.717, 1.165) is 25.9 Å². The predicted octanol–water partition coefficient (Wildman–Crippen LogP) is 3.24. The molecule has 0 saturated carbocycles. The molecule has 136 valence electrons. The fourth-order valence-corrected chi connectivity index (χ4v) is 3.01. The van der Waals surface area contributed by atoms with Crippen molar-refractivity contribution in [2.45, 2.75) is 33.1 Å². The minimum atomic E-state index is -0.466. The number of amides is 1. The van der Waals surface area contributed by atoms with Gasteiger partial charge in [0, 0.05) is 36.6 Å². The number of nitro groups is 1. The summed E-state index contributed by atoms with van der Waals surface area (Å²) in [6.07, 6.45) is 4.98. The fourth-order valence-electron chi connectivity index (χ4n) is 3.01. The Morgan fingerprint density at radius 1 is 1.23 bits per heavy atom. The Labute approximate surface area is 151 Å². The van der Waals surface area contributed by atoms with Crippen molar-refractivity contribution in [3.63, 3.8) is 0 Å². The smallest absolute Gasteiger partial charge is 0.274 e. The molecule has 1 aromatic heterocycles. The number of rotatable bonds is 4. The third-order valence-corrected chi connectivity index (χ3v) is 4.51. The number of aromatic nitrogens is 2. The van der Waals surface area contributed by atoms with Crippen molar-refractivity contribution in [2.75, 3.05) is 23.3 Å². The number of hydrogen-bond acceptors (Lipinski definition) is 6. The topological polar surface area (TPSA) is 101 Å². The molecule has 0 bridgehead atoms. The number of anilines is 2. The van der Waals surface area contributed by atoms with E-state index in [1.165, 1.54) is 18.7 Å². The molecule has 1 N–H and O–H groups in total. The Balaban J connectivity index is 1.77. The molecule has 3 rings (SSSR count). The highest BCUT2D eigenvalue weighted by atomic mass is 16.6. The Bertz CT molecular complexity index is 847. The van der Waals surface area contributed by atoms with Crippen molar-refractivity contribution >= 4 is 23.2 Å². The van der Waals surface area contributed by atoms with Gasteiger partial charge in [-0.05, 0) is 39.2 Å². The number of nitrogens with one attached hydrogen (secondary N) is 1. The van der Waals surface area contributed by atoms with Gasteiger partial charge in [0.05, 0.1) is 16.2 Å². The monoisotopic (exact) mass is 355 g/mol. The Morgan fingerprint density at radius 2 is 1.96 bits per heavy atom. The molecule has 8 nitrogen and oxygen atoms in total. The van der Waals surface area contributed by atoms with Crippen LogP contribution in [0.1, 0.15) is 40.9 Å². The number of nitrogens with zero attached hydrogens (tertiary/aromatic N) is 4. The normalized spacial score (nSPS) is 14.2. The molecular formula is C18H21N5O3. The second-order valence-electron chi connectivity index (χ2n) is 6.43. The molecule has 1 fully saturated rings. The van der Waals surface area contributed by atoms with Crippen LogP contribution in [0.5, 0.6) is 0 Å². The summed E-state index contributed by atoms with van der Waals surface area (Å²) in [6.45, 7) is 5.28. The van der Waals surface area contributed by atoms with Crippen LogP contribution in [0.25, 0.3) is 0 Å². The first-order valence-corrected chi connectivity index (χ1v) is 8.60.